The van der Waals surface area contributed by atoms with E-state index >= 15 is 0 Å². The van der Waals surface area contributed by atoms with Gasteiger partial charge in [-0.1, -0.05) is 26.7 Å². The molecule has 110 valence electrons. The third kappa shape index (κ3) is 2.39. The van der Waals surface area contributed by atoms with E-state index in [4.69, 9.17) is 9.47 Å². The van der Waals surface area contributed by atoms with Gasteiger partial charge in [-0.3, -0.25) is 0 Å². The molecule has 0 radical (unpaired) electrons. The maximum absolute atomic E-state index is 5.76. The van der Waals surface area contributed by atoms with Crippen LogP contribution in [0.15, 0.2) is 12.1 Å². The molecule has 2 unspecified atom stereocenters. The van der Waals surface area contributed by atoms with Gasteiger partial charge >= 0.3 is 0 Å². The molecule has 0 bridgehead atoms. The zero-order valence-electron chi connectivity index (χ0n) is 12.7. The Morgan fingerprint density at radius 2 is 1.80 bits per heavy atom. The van der Waals surface area contributed by atoms with E-state index in [2.05, 4.69) is 38.2 Å². The number of hydrogen-bond acceptors (Lipinski definition) is 3. The molecule has 2 heterocycles. The molecule has 0 saturated heterocycles. The Hall–Kier alpha value is -1.22. The van der Waals surface area contributed by atoms with E-state index in [9.17, 15) is 0 Å². The molecule has 3 rings (SSSR count). The molecule has 0 amide bonds. The van der Waals surface area contributed by atoms with Crippen molar-refractivity contribution in [3.05, 3.63) is 23.3 Å². The van der Waals surface area contributed by atoms with Crippen molar-refractivity contribution in [3.8, 4) is 11.5 Å². The summed E-state index contributed by atoms with van der Waals surface area (Å²) in [5.41, 5.74) is 2.85. The van der Waals surface area contributed by atoms with Gasteiger partial charge in [0.15, 0.2) is 11.5 Å². The Bertz CT molecular complexity index is 482. The van der Waals surface area contributed by atoms with E-state index in [0.717, 1.165) is 17.9 Å². The molecule has 0 aromatic heterocycles. The van der Waals surface area contributed by atoms with Gasteiger partial charge < -0.3 is 14.8 Å². The fourth-order valence-corrected chi connectivity index (χ4v) is 3.55. The third-order valence-corrected chi connectivity index (χ3v) is 4.65. The third-order valence-electron chi connectivity index (χ3n) is 4.65. The highest BCUT2D eigenvalue weighted by molar-refractivity contribution is 5.50. The van der Waals surface area contributed by atoms with Gasteiger partial charge in [0, 0.05) is 12.1 Å². The Kier molecular flexibility index (Phi) is 3.88. The molecule has 3 heteroatoms. The molecule has 20 heavy (non-hydrogen) atoms. The van der Waals surface area contributed by atoms with Crippen LogP contribution in [0.5, 0.6) is 11.5 Å². The topological polar surface area (TPSA) is 30.5 Å². The molecule has 0 aliphatic carbocycles. The quantitative estimate of drug-likeness (QED) is 0.916. The van der Waals surface area contributed by atoms with Crippen molar-refractivity contribution in [2.24, 2.45) is 5.92 Å². The van der Waals surface area contributed by atoms with E-state index in [1.165, 1.54) is 24.0 Å². The summed E-state index contributed by atoms with van der Waals surface area (Å²) in [6.45, 7) is 8.16. The van der Waals surface area contributed by atoms with Crippen LogP contribution in [0.1, 0.15) is 50.8 Å². The highest BCUT2D eigenvalue weighted by Crippen LogP contribution is 2.41. The lowest BCUT2D eigenvalue weighted by Gasteiger charge is -2.37. The van der Waals surface area contributed by atoms with Gasteiger partial charge in [0.25, 0.3) is 0 Å². The second kappa shape index (κ2) is 5.65. The molecule has 0 spiro atoms. The molecule has 2 atom stereocenters. The Labute approximate surface area is 121 Å². The maximum Gasteiger partial charge on any atom is 0.161 e. The number of ether oxygens (including phenoxy) is 2. The van der Waals surface area contributed by atoms with Crippen LogP contribution in [0.4, 0.5) is 0 Å². The molecular formula is C17H25NO2. The number of hydrogen-bond donors (Lipinski definition) is 1. The summed E-state index contributed by atoms with van der Waals surface area (Å²) >= 11 is 0. The van der Waals surface area contributed by atoms with E-state index < -0.39 is 0 Å². The molecular weight excluding hydrogens is 250 g/mol. The van der Waals surface area contributed by atoms with Gasteiger partial charge in [-0.2, -0.15) is 0 Å². The lowest BCUT2D eigenvalue weighted by Crippen LogP contribution is -2.40. The zero-order chi connectivity index (χ0) is 14.1. The Morgan fingerprint density at radius 3 is 2.45 bits per heavy atom. The van der Waals surface area contributed by atoms with Crippen LogP contribution in [0.25, 0.3) is 0 Å². The monoisotopic (exact) mass is 275 g/mol. The highest BCUT2D eigenvalue weighted by Gasteiger charge is 2.30. The molecule has 0 fully saturated rings. The fourth-order valence-electron chi connectivity index (χ4n) is 3.55. The number of rotatable bonds is 3. The predicted molar refractivity (Wildman–Crippen MR) is 80.5 cm³/mol. The second-order valence-corrected chi connectivity index (χ2v) is 6.02. The minimum atomic E-state index is 0.444. The largest absolute Gasteiger partial charge is 0.486 e. The Balaban J connectivity index is 2.01. The highest BCUT2D eigenvalue weighted by atomic mass is 16.6. The number of nitrogens with one attached hydrogen (secondary N) is 1. The van der Waals surface area contributed by atoms with Crippen molar-refractivity contribution in [2.45, 2.75) is 52.1 Å². The first-order valence-corrected chi connectivity index (χ1v) is 7.91. The SMILES string of the molecule is CCC(CC)C1NC(C)Cc2cc3c(cc21)OCCO3. The smallest absolute Gasteiger partial charge is 0.161 e. The summed E-state index contributed by atoms with van der Waals surface area (Å²) in [7, 11) is 0. The normalized spacial score (nSPS) is 24.6. The van der Waals surface area contributed by atoms with Crippen LogP contribution in [0.3, 0.4) is 0 Å². The minimum absolute atomic E-state index is 0.444. The van der Waals surface area contributed by atoms with Gasteiger partial charge in [0.1, 0.15) is 13.2 Å². The molecule has 1 aromatic carbocycles. The van der Waals surface area contributed by atoms with E-state index in [1.54, 1.807) is 0 Å². The summed E-state index contributed by atoms with van der Waals surface area (Å²) in [6, 6.07) is 5.39. The lowest BCUT2D eigenvalue weighted by atomic mass is 9.81. The van der Waals surface area contributed by atoms with Crippen LogP contribution < -0.4 is 14.8 Å². The molecule has 2 aliphatic rings. The number of benzene rings is 1. The minimum Gasteiger partial charge on any atom is -0.486 e. The lowest BCUT2D eigenvalue weighted by molar-refractivity contribution is 0.170. The maximum atomic E-state index is 5.76. The average molecular weight is 275 g/mol. The molecule has 1 aromatic rings. The van der Waals surface area contributed by atoms with Crippen molar-refractivity contribution in [3.63, 3.8) is 0 Å². The van der Waals surface area contributed by atoms with Gasteiger partial charge in [-0.05, 0) is 42.5 Å². The summed E-state index contributed by atoms with van der Waals surface area (Å²) in [4.78, 5) is 0. The standard InChI is InChI=1S/C17H25NO2/c1-4-12(5-2)17-14-10-16-15(19-6-7-20-16)9-13(14)8-11(3)18-17/h9-12,17-18H,4-8H2,1-3H3. The molecule has 1 N–H and O–H groups in total. The van der Waals surface area contributed by atoms with E-state index in [1.807, 2.05) is 0 Å². The number of fused-ring (bicyclic) bond motifs is 2. The molecule has 0 saturated carbocycles. The summed E-state index contributed by atoms with van der Waals surface area (Å²) in [5.74, 6) is 2.52. The van der Waals surface area contributed by atoms with E-state index in [0.29, 0.717) is 31.2 Å². The van der Waals surface area contributed by atoms with Gasteiger partial charge in [0.2, 0.25) is 0 Å². The van der Waals surface area contributed by atoms with Gasteiger partial charge in [0.05, 0.1) is 0 Å². The van der Waals surface area contributed by atoms with Crippen molar-refractivity contribution < 1.29 is 9.47 Å². The first-order chi connectivity index (χ1) is 9.72. The zero-order valence-corrected chi connectivity index (χ0v) is 12.7. The first kappa shape index (κ1) is 13.7. The van der Waals surface area contributed by atoms with E-state index in [-0.39, 0.29) is 0 Å². The van der Waals surface area contributed by atoms with Crippen LogP contribution in [0.2, 0.25) is 0 Å². The summed E-state index contributed by atoms with van der Waals surface area (Å²) < 4.78 is 11.5. The van der Waals surface area contributed by atoms with Gasteiger partial charge in [-0.15, -0.1) is 0 Å². The second-order valence-electron chi connectivity index (χ2n) is 6.02. The van der Waals surface area contributed by atoms with Crippen molar-refractivity contribution >= 4 is 0 Å². The summed E-state index contributed by atoms with van der Waals surface area (Å²) in [5, 5.41) is 3.78. The average Bonchev–Trinajstić information content (AvgIpc) is 2.46. The van der Waals surface area contributed by atoms with Crippen molar-refractivity contribution in [1.82, 2.24) is 5.32 Å². The predicted octanol–water partition coefficient (Wildman–Crippen LogP) is 3.47. The van der Waals surface area contributed by atoms with Crippen molar-refractivity contribution in [2.75, 3.05) is 13.2 Å². The molecule has 3 nitrogen and oxygen atoms in total. The van der Waals surface area contributed by atoms with Crippen LogP contribution >= 0.6 is 0 Å². The van der Waals surface area contributed by atoms with Crippen LogP contribution in [-0.4, -0.2) is 19.3 Å². The fraction of sp³-hybridized carbons (Fsp3) is 0.647. The Morgan fingerprint density at radius 1 is 1.15 bits per heavy atom. The molecule has 2 aliphatic heterocycles. The summed E-state index contributed by atoms with van der Waals surface area (Å²) in [6.07, 6.45) is 3.48. The van der Waals surface area contributed by atoms with Crippen LogP contribution in [0, 0.1) is 5.92 Å². The van der Waals surface area contributed by atoms with Gasteiger partial charge in [-0.25, -0.2) is 0 Å². The first-order valence-electron chi connectivity index (χ1n) is 7.91. The van der Waals surface area contributed by atoms with Crippen molar-refractivity contribution in [1.29, 1.82) is 0 Å². The van der Waals surface area contributed by atoms with Crippen LogP contribution in [-0.2, 0) is 6.42 Å².